The standard InChI is InChI=1S/C17H30N2OS.ClH/c1-12(2)16(18)9-10-19(5)17(20)8-6-7-15-11-13(3)21-14(15)4;/h11-12,16H,6-10,18H2,1-5H3;1H. The van der Waals surface area contributed by atoms with Crippen molar-refractivity contribution in [3.05, 3.63) is 21.4 Å². The predicted molar refractivity (Wildman–Crippen MR) is 99.0 cm³/mol. The summed E-state index contributed by atoms with van der Waals surface area (Å²) in [7, 11) is 1.88. The molecule has 0 saturated carbocycles. The lowest BCUT2D eigenvalue weighted by molar-refractivity contribution is -0.130. The molecule has 0 aliphatic rings. The molecule has 3 nitrogen and oxygen atoms in total. The summed E-state index contributed by atoms with van der Waals surface area (Å²) in [5, 5.41) is 0. The van der Waals surface area contributed by atoms with Gasteiger partial charge in [0, 0.05) is 35.8 Å². The number of nitrogens with zero attached hydrogens (tertiary/aromatic N) is 1. The van der Waals surface area contributed by atoms with Gasteiger partial charge in [-0.3, -0.25) is 4.79 Å². The van der Waals surface area contributed by atoms with Crippen molar-refractivity contribution in [1.82, 2.24) is 4.90 Å². The minimum atomic E-state index is 0. The lowest BCUT2D eigenvalue weighted by Gasteiger charge is -2.21. The molecule has 0 spiro atoms. The predicted octanol–water partition coefficient (Wildman–Crippen LogP) is 3.94. The zero-order valence-electron chi connectivity index (χ0n) is 14.5. The van der Waals surface area contributed by atoms with Crippen LogP contribution >= 0.6 is 23.7 Å². The molecular formula is C17H31ClN2OS. The molecule has 0 radical (unpaired) electrons. The van der Waals surface area contributed by atoms with E-state index in [1.165, 1.54) is 15.3 Å². The average Bonchev–Trinajstić information content (AvgIpc) is 2.73. The Morgan fingerprint density at radius 1 is 1.36 bits per heavy atom. The third-order valence-electron chi connectivity index (χ3n) is 4.06. The van der Waals surface area contributed by atoms with Gasteiger partial charge in [0.15, 0.2) is 0 Å². The van der Waals surface area contributed by atoms with Crippen molar-refractivity contribution in [2.45, 2.75) is 59.4 Å². The molecule has 1 heterocycles. The Morgan fingerprint density at radius 3 is 2.50 bits per heavy atom. The molecule has 1 atom stereocenters. The zero-order chi connectivity index (χ0) is 16.0. The Kier molecular flexibility index (Phi) is 9.97. The van der Waals surface area contributed by atoms with Crippen LogP contribution in [-0.2, 0) is 11.2 Å². The molecule has 22 heavy (non-hydrogen) atoms. The zero-order valence-corrected chi connectivity index (χ0v) is 16.1. The highest BCUT2D eigenvalue weighted by Gasteiger charge is 2.13. The third-order valence-corrected chi connectivity index (χ3v) is 5.07. The van der Waals surface area contributed by atoms with Crippen molar-refractivity contribution in [2.75, 3.05) is 13.6 Å². The first-order valence-electron chi connectivity index (χ1n) is 7.86. The van der Waals surface area contributed by atoms with Gasteiger partial charge in [-0.1, -0.05) is 13.8 Å². The SMILES string of the molecule is Cc1cc(CCCC(=O)N(C)CCC(N)C(C)C)c(C)s1.Cl. The molecule has 0 aromatic carbocycles. The molecule has 5 heteroatoms. The van der Waals surface area contributed by atoms with Crippen LogP contribution in [0.25, 0.3) is 0 Å². The molecule has 0 aliphatic carbocycles. The number of thiophene rings is 1. The summed E-state index contributed by atoms with van der Waals surface area (Å²) in [4.78, 5) is 16.7. The van der Waals surface area contributed by atoms with E-state index in [-0.39, 0.29) is 24.4 Å². The monoisotopic (exact) mass is 346 g/mol. The number of hydrogen-bond donors (Lipinski definition) is 1. The quantitative estimate of drug-likeness (QED) is 0.774. The molecule has 0 saturated heterocycles. The largest absolute Gasteiger partial charge is 0.346 e. The van der Waals surface area contributed by atoms with Crippen LogP contribution in [0.15, 0.2) is 6.07 Å². The first kappa shape index (κ1) is 21.4. The van der Waals surface area contributed by atoms with Gasteiger partial charge in [0.05, 0.1) is 0 Å². The van der Waals surface area contributed by atoms with Gasteiger partial charge in [-0.15, -0.1) is 23.7 Å². The molecule has 0 bridgehead atoms. The van der Waals surface area contributed by atoms with Crippen LogP contribution in [0, 0.1) is 19.8 Å². The van der Waals surface area contributed by atoms with E-state index in [0.29, 0.717) is 12.3 Å². The Morgan fingerprint density at radius 2 is 2.00 bits per heavy atom. The van der Waals surface area contributed by atoms with Crippen molar-refractivity contribution in [2.24, 2.45) is 11.7 Å². The summed E-state index contributed by atoms with van der Waals surface area (Å²) in [6.45, 7) is 9.30. The van der Waals surface area contributed by atoms with Gasteiger partial charge in [-0.05, 0) is 50.7 Å². The lowest BCUT2D eigenvalue weighted by atomic mass is 10.0. The topological polar surface area (TPSA) is 46.3 Å². The van der Waals surface area contributed by atoms with E-state index in [2.05, 4.69) is 33.8 Å². The smallest absolute Gasteiger partial charge is 0.222 e. The number of hydrogen-bond acceptors (Lipinski definition) is 3. The van der Waals surface area contributed by atoms with Crippen LogP contribution in [0.2, 0.25) is 0 Å². The van der Waals surface area contributed by atoms with Crippen LogP contribution in [-0.4, -0.2) is 30.4 Å². The van der Waals surface area contributed by atoms with E-state index < -0.39 is 0 Å². The first-order chi connectivity index (χ1) is 9.81. The highest BCUT2D eigenvalue weighted by molar-refractivity contribution is 7.12. The molecule has 1 aromatic heterocycles. The summed E-state index contributed by atoms with van der Waals surface area (Å²) in [5.41, 5.74) is 7.42. The number of amides is 1. The van der Waals surface area contributed by atoms with Crippen LogP contribution in [0.3, 0.4) is 0 Å². The summed E-state index contributed by atoms with van der Waals surface area (Å²) < 4.78 is 0. The molecule has 0 aliphatic heterocycles. The number of aryl methyl sites for hydroxylation is 3. The summed E-state index contributed by atoms with van der Waals surface area (Å²) in [6, 6.07) is 2.42. The molecule has 1 aromatic rings. The molecule has 0 fully saturated rings. The maximum absolute atomic E-state index is 12.1. The number of carbonyl (C=O) groups is 1. The van der Waals surface area contributed by atoms with Gasteiger partial charge in [0.25, 0.3) is 0 Å². The fraction of sp³-hybridized carbons (Fsp3) is 0.706. The van der Waals surface area contributed by atoms with Gasteiger partial charge < -0.3 is 10.6 Å². The average molecular weight is 347 g/mol. The molecule has 1 unspecified atom stereocenters. The fourth-order valence-corrected chi connectivity index (χ4v) is 3.33. The van der Waals surface area contributed by atoms with E-state index in [1.807, 2.05) is 23.3 Å². The maximum atomic E-state index is 12.1. The van der Waals surface area contributed by atoms with Gasteiger partial charge in [-0.2, -0.15) is 0 Å². The van der Waals surface area contributed by atoms with Crippen LogP contribution in [0.5, 0.6) is 0 Å². The van der Waals surface area contributed by atoms with Gasteiger partial charge in [0.1, 0.15) is 0 Å². The lowest BCUT2D eigenvalue weighted by Crippen LogP contribution is -2.34. The van der Waals surface area contributed by atoms with Crippen molar-refractivity contribution in [3.8, 4) is 0 Å². The van der Waals surface area contributed by atoms with Crippen molar-refractivity contribution < 1.29 is 4.79 Å². The second kappa shape index (κ2) is 10.2. The minimum Gasteiger partial charge on any atom is -0.346 e. The van der Waals surface area contributed by atoms with Crippen molar-refractivity contribution in [1.29, 1.82) is 0 Å². The summed E-state index contributed by atoms with van der Waals surface area (Å²) in [5.74, 6) is 0.703. The maximum Gasteiger partial charge on any atom is 0.222 e. The summed E-state index contributed by atoms with van der Waals surface area (Å²) in [6.07, 6.45) is 3.43. The van der Waals surface area contributed by atoms with Crippen LogP contribution < -0.4 is 5.73 Å². The van der Waals surface area contributed by atoms with Gasteiger partial charge >= 0.3 is 0 Å². The number of halogens is 1. The number of carbonyl (C=O) groups excluding carboxylic acids is 1. The van der Waals surface area contributed by atoms with E-state index in [1.54, 1.807) is 0 Å². The van der Waals surface area contributed by atoms with Gasteiger partial charge in [-0.25, -0.2) is 0 Å². The van der Waals surface area contributed by atoms with E-state index in [0.717, 1.165) is 25.8 Å². The Labute approximate surface area is 145 Å². The second-order valence-electron chi connectivity index (χ2n) is 6.30. The normalized spacial score (nSPS) is 12.1. The van der Waals surface area contributed by atoms with E-state index >= 15 is 0 Å². The first-order valence-corrected chi connectivity index (χ1v) is 8.68. The Balaban J connectivity index is 0.00000441. The third kappa shape index (κ3) is 7.12. The second-order valence-corrected chi connectivity index (χ2v) is 7.76. The molecule has 2 N–H and O–H groups in total. The molecule has 1 rings (SSSR count). The van der Waals surface area contributed by atoms with E-state index in [4.69, 9.17) is 5.73 Å². The Hall–Kier alpha value is -0.580. The molecule has 1 amide bonds. The van der Waals surface area contributed by atoms with Crippen molar-refractivity contribution in [3.63, 3.8) is 0 Å². The molecule has 128 valence electrons. The van der Waals surface area contributed by atoms with E-state index in [9.17, 15) is 4.79 Å². The Bertz CT molecular complexity index is 460. The highest BCUT2D eigenvalue weighted by atomic mass is 35.5. The van der Waals surface area contributed by atoms with Crippen molar-refractivity contribution >= 4 is 29.7 Å². The number of nitrogens with two attached hydrogens (primary N) is 1. The number of rotatable bonds is 8. The molecular weight excluding hydrogens is 316 g/mol. The summed E-state index contributed by atoms with van der Waals surface area (Å²) >= 11 is 1.84. The minimum absolute atomic E-state index is 0. The van der Waals surface area contributed by atoms with Crippen LogP contribution in [0.1, 0.15) is 48.4 Å². The van der Waals surface area contributed by atoms with Crippen LogP contribution in [0.4, 0.5) is 0 Å². The highest BCUT2D eigenvalue weighted by Crippen LogP contribution is 2.22. The van der Waals surface area contributed by atoms with Gasteiger partial charge in [0.2, 0.25) is 5.91 Å². The fourth-order valence-electron chi connectivity index (χ4n) is 2.35.